The fraction of sp³-hybridized carbons (Fsp3) is 0.643. The number of pyridine rings is 1. The summed E-state index contributed by atoms with van der Waals surface area (Å²) in [6.07, 6.45) is 2.01. The van der Waals surface area contributed by atoms with Crippen LogP contribution in [0.4, 0.5) is 5.82 Å². The Morgan fingerprint density at radius 1 is 1.47 bits per heavy atom. The zero-order valence-electron chi connectivity index (χ0n) is 12.1. The Kier molecular flexibility index (Phi) is 6.55. The summed E-state index contributed by atoms with van der Waals surface area (Å²) in [5, 5.41) is 3.47. The smallest absolute Gasteiger partial charge is 0.128 e. The molecule has 19 heavy (non-hydrogen) atoms. The summed E-state index contributed by atoms with van der Waals surface area (Å²) in [7, 11) is 2.07. The molecule has 1 aliphatic rings. The van der Waals surface area contributed by atoms with Crippen molar-refractivity contribution in [3.8, 4) is 0 Å². The number of hydrogen-bond acceptors (Lipinski definition) is 4. The summed E-state index contributed by atoms with van der Waals surface area (Å²) in [4.78, 5) is 9.15. The van der Waals surface area contributed by atoms with Gasteiger partial charge in [-0.05, 0) is 25.5 Å². The van der Waals surface area contributed by atoms with Crippen LogP contribution in [0.25, 0.3) is 0 Å². The Balaban J connectivity index is 0.00000180. The molecule has 0 unspecified atom stereocenters. The van der Waals surface area contributed by atoms with Gasteiger partial charge in [-0.3, -0.25) is 4.90 Å². The Morgan fingerprint density at radius 3 is 2.84 bits per heavy atom. The van der Waals surface area contributed by atoms with Gasteiger partial charge in [0.05, 0.1) is 0 Å². The van der Waals surface area contributed by atoms with Crippen LogP contribution in [0.2, 0.25) is 0 Å². The molecule has 0 saturated carbocycles. The molecule has 1 fully saturated rings. The van der Waals surface area contributed by atoms with Crippen LogP contribution in [0, 0.1) is 0 Å². The molecule has 0 aliphatic carbocycles. The SMILES string of the molecule is CCN(C)c1ccc(CN2CCN[C@@H](C)C2)cn1.Cl. The second-order valence-electron chi connectivity index (χ2n) is 5.13. The van der Waals surface area contributed by atoms with Gasteiger partial charge in [-0.2, -0.15) is 0 Å². The summed E-state index contributed by atoms with van der Waals surface area (Å²) in [5.74, 6) is 1.05. The van der Waals surface area contributed by atoms with Crippen LogP contribution >= 0.6 is 12.4 Å². The molecule has 0 spiro atoms. The second kappa shape index (κ2) is 7.68. The van der Waals surface area contributed by atoms with Crippen molar-refractivity contribution in [2.75, 3.05) is 38.1 Å². The minimum absolute atomic E-state index is 0. The van der Waals surface area contributed by atoms with Gasteiger partial charge in [-0.15, -0.1) is 12.4 Å². The predicted molar refractivity (Wildman–Crippen MR) is 83.2 cm³/mol. The van der Waals surface area contributed by atoms with Crippen LogP contribution in [-0.2, 0) is 6.54 Å². The quantitative estimate of drug-likeness (QED) is 0.913. The minimum atomic E-state index is 0. The number of hydrogen-bond donors (Lipinski definition) is 1. The van der Waals surface area contributed by atoms with Gasteiger partial charge in [-0.25, -0.2) is 4.98 Å². The summed E-state index contributed by atoms with van der Waals surface area (Å²) in [6.45, 7) is 9.71. The Bertz CT molecular complexity index is 368. The Morgan fingerprint density at radius 2 is 2.26 bits per heavy atom. The van der Waals surface area contributed by atoms with Crippen molar-refractivity contribution in [2.24, 2.45) is 0 Å². The van der Waals surface area contributed by atoms with Gasteiger partial charge < -0.3 is 10.2 Å². The van der Waals surface area contributed by atoms with E-state index >= 15 is 0 Å². The van der Waals surface area contributed by atoms with Gasteiger partial charge in [0.15, 0.2) is 0 Å². The second-order valence-corrected chi connectivity index (χ2v) is 5.13. The summed E-state index contributed by atoms with van der Waals surface area (Å²) < 4.78 is 0. The standard InChI is InChI=1S/C14H24N4.ClH/c1-4-17(3)14-6-5-13(9-16-14)11-18-8-7-15-12(2)10-18;/h5-6,9,12,15H,4,7-8,10-11H2,1-3H3;1H/t12-;/m0./s1. The number of piperazine rings is 1. The van der Waals surface area contributed by atoms with Crippen molar-refractivity contribution >= 4 is 18.2 Å². The fourth-order valence-electron chi connectivity index (χ4n) is 2.31. The number of nitrogens with one attached hydrogen (secondary N) is 1. The van der Waals surface area contributed by atoms with Crippen molar-refractivity contribution in [3.05, 3.63) is 23.9 Å². The van der Waals surface area contributed by atoms with E-state index in [2.05, 4.69) is 53.1 Å². The van der Waals surface area contributed by atoms with Crippen LogP contribution in [-0.4, -0.2) is 49.2 Å². The third kappa shape index (κ3) is 4.64. The highest BCUT2D eigenvalue weighted by molar-refractivity contribution is 5.85. The largest absolute Gasteiger partial charge is 0.360 e. The molecule has 1 atom stereocenters. The molecular weight excluding hydrogens is 260 g/mol. The highest BCUT2D eigenvalue weighted by atomic mass is 35.5. The van der Waals surface area contributed by atoms with Gasteiger partial charge in [0.25, 0.3) is 0 Å². The average Bonchev–Trinajstić information content (AvgIpc) is 2.39. The summed E-state index contributed by atoms with van der Waals surface area (Å²) >= 11 is 0. The molecule has 1 aromatic heterocycles. The number of nitrogens with zero attached hydrogens (tertiary/aromatic N) is 3. The van der Waals surface area contributed by atoms with E-state index in [-0.39, 0.29) is 12.4 Å². The topological polar surface area (TPSA) is 31.4 Å². The van der Waals surface area contributed by atoms with E-state index in [1.807, 2.05) is 6.20 Å². The lowest BCUT2D eigenvalue weighted by atomic mass is 10.2. The lowest BCUT2D eigenvalue weighted by Crippen LogP contribution is -2.48. The molecular formula is C14H25ClN4. The van der Waals surface area contributed by atoms with E-state index in [0.29, 0.717) is 6.04 Å². The van der Waals surface area contributed by atoms with E-state index < -0.39 is 0 Å². The van der Waals surface area contributed by atoms with Crippen LogP contribution < -0.4 is 10.2 Å². The first-order chi connectivity index (χ1) is 8.69. The van der Waals surface area contributed by atoms with Gasteiger partial charge >= 0.3 is 0 Å². The predicted octanol–water partition coefficient (Wildman–Crippen LogP) is 1.75. The van der Waals surface area contributed by atoms with Gasteiger partial charge in [0.2, 0.25) is 0 Å². The molecule has 1 aromatic rings. The Hall–Kier alpha value is -0.840. The molecule has 1 aliphatic heterocycles. The molecule has 0 aromatic carbocycles. The zero-order valence-corrected chi connectivity index (χ0v) is 12.9. The van der Waals surface area contributed by atoms with E-state index in [0.717, 1.165) is 38.5 Å². The third-order valence-electron chi connectivity index (χ3n) is 3.53. The maximum absolute atomic E-state index is 4.52. The van der Waals surface area contributed by atoms with Crippen LogP contribution in [0.15, 0.2) is 18.3 Å². The average molecular weight is 285 g/mol. The molecule has 1 N–H and O–H groups in total. The van der Waals surface area contributed by atoms with E-state index in [1.165, 1.54) is 5.56 Å². The van der Waals surface area contributed by atoms with Gasteiger partial charge in [0.1, 0.15) is 5.82 Å². The number of anilines is 1. The molecule has 5 heteroatoms. The molecule has 2 heterocycles. The van der Waals surface area contributed by atoms with Crippen LogP contribution in [0.3, 0.4) is 0 Å². The molecule has 4 nitrogen and oxygen atoms in total. The maximum atomic E-state index is 4.52. The van der Waals surface area contributed by atoms with Crippen molar-refractivity contribution in [2.45, 2.75) is 26.4 Å². The molecule has 0 radical (unpaired) electrons. The number of rotatable bonds is 4. The fourth-order valence-corrected chi connectivity index (χ4v) is 2.31. The third-order valence-corrected chi connectivity index (χ3v) is 3.53. The van der Waals surface area contributed by atoms with Crippen molar-refractivity contribution in [1.82, 2.24) is 15.2 Å². The first-order valence-electron chi connectivity index (χ1n) is 6.81. The molecule has 0 bridgehead atoms. The maximum Gasteiger partial charge on any atom is 0.128 e. The molecule has 1 saturated heterocycles. The number of halogens is 1. The zero-order chi connectivity index (χ0) is 13.0. The van der Waals surface area contributed by atoms with E-state index in [4.69, 9.17) is 0 Å². The van der Waals surface area contributed by atoms with Crippen molar-refractivity contribution in [1.29, 1.82) is 0 Å². The normalized spacial score (nSPS) is 19.8. The van der Waals surface area contributed by atoms with E-state index in [9.17, 15) is 0 Å². The molecule has 108 valence electrons. The first kappa shape index (κ1) is 16.2. The summed E-state index contributed by atoms with van der Waals surface area (Å²) in [6, 6.07) is 4.91. The Labute approximate surface area is 122 Å². The summed E-state index contributed by atoms with van der Waals surface area (Å²) in [5.41, 5.74) is 1.30. The lowest BCUT2D eigenvalue weighted by Gasteiger charge is -2.31. The monoisotopic (exact) mass is 284 g/mol. The van der Waals surface area contributed by atoms with Crippen LogP contribution in [0.1, 0.15) is 19.4 Å². The van der Waals surface area contributed by atoms with Gasteiger partial charge in [-0.1, -0.05) is 6.07 Å². The molecule has 0 amide bonds. The highest BCUT2D eigenvalue weighted by Crippen LogP contribution is 2.11. The van der Waals surface area contributed by atoms with Gasteiger partial charge in [0, 0.05) is 52.0 Å². The van der Waals surface area contributed by atoms with Crippen LogP contribution in [0.5, 0.6) is 0 Å². The molecule has 2 rings (SSSR count). The minimum Gasteiger partial charge on any atom is -0.360 e. The number of aromatic nitrogens is 1. The van der Waals surface area contributed by atoms with E-state index in [1.54, 1.807) is 0 Å². The van der Waals surface area contributed by atoms with Crippen molar-refractivity contribution < 1.29 is 0 Å². The lowest BCUT2D eigenvalue weighted by molar-refractivity contribution is 0.199. The highest BCUT2D eigenvalue weighted by Gasteiger charge is 2.15. The van der Waals surface area contributed by atoms with Crippen molar-refractivity contribution in [3.63, 3.8) is 0 Å². The first-order valence-corrected chi connectivity index (χ1v) is 6.81.